The first-order valence-electron chi connectivity index (χ1n) is 8.03. The minimum absolute atomic E-state index is 0.0436. The fourth-order valence-corrected chi connectivity index (χ4v) is 2.78. The van der Waals surface area contributed by atoms with Crippen LogP contribution in [0.15, 0.2) is 41.0 Å². The van der Waals surface area contributed by atoms with Crippen LogP contribution in [0.3, 0.4) is 0 Å². The number of nitrogens with zero attached hydrogens (tertiary/aromatic N) is 1. The molecular formula is C19H23ClN2O4. The molecule has 0 bridgehead atoms. The largest absolute Gasteiger partial charge is 0.493 e. The van der Waals surface area contributed by atoms with Crippen LogP contribution in [0.5, 0.6) is 11.5 Å². The highest BCUT2D eigenvalue weighted by molar-refractivity contribution is 6.32. The minimum Gasteiger partial charge on any atom is -0.493 e. The van der Waals surface area contributed by atoms with Gasteiger partial charge in [0.15, 0.2) is 11.5 Å². The SMILES string of the molecule is COc1cc(C=CC(=O)NCC(c2ccco2)N(C)C)cc(Cl)c1OC. The lowest BCUT2D eigenvalue weighted by atomic mass is 10.1. The van der Waals surface area contributed by atoms with E-state index < -0.39 is 0 Å². The number of methoxy groups -OCH3 is 2. The maximum absolute atomic E-state index is 12.1. The second kappa shape index (κ2) is 9.31. The number of benzene rings is 1. The van der Waals surface area contributed by atoms with Gasteiger partial charge >= 0.3 is 0 Å². The van der Waals surface area contributed by atoms with Crippen molar-refractivity contribution < 1.29 is 18.7 Å². The van der Waals surface area contributed by atoms with E-state index in [9.17, 15) is 4.79 Å². The maximum atomic E-state index is 12.1. The summed E-state index contributed by atoms with van der Waals surface area (Å²) in [6, 6.07) is 7.13. The molecule has 0 aliphatic rings. The lowest BCUT2D eigenvalue weighted by Gasteiger charge is -2.22. The second-order valence-electron chi connectivity index (χ2n) is 5.81. The molecule has 1 aromatic carbocycles. The third kappa shape index (κ3) is 5.03. The van der Waals surface area contributed by atoms with Gasteiger partial charge < -0.3 is 19.2 Å². The van der Waals surface area contributed by atoms with Crippen molar-refractivity contribution in [2.24, 2.45) is 0 Å². The first kappa shape index (κ1) is 19.9. The van der Waals surface area contributed by atoms with Gasteiger partial charge in [-0.3, -0.25) is 9.69 Å². The van der Waals surface area contributed by atoms with Crippen LogP contribution >= 0.6 is 11.6 Å². The van der Waals surface area contributed by atoms with Crippen LogP contribution < -0.4 is 14.8 Å². The molecule has 1 N–H and O–H groups in total. The second-order valence-corrected chi connectivity index (χ2v) is 6.22. The third-order valence-corrected chi connectivity index (χ3v) is 4.13. The zero-order valence-electron chi connectivity index (χ0n) is 15.3. The lowest BCUT2D eigenvalue weighted by molar-refractivity contribution is -0.116. The van der Waals surface area contributed by atoms with Crippen molar-refractivity contribution in [1.29, 1.82) is 0 Å². The molecular weight excluding hydrogens is 356 g/mol. The zero-order valence-corrected chi connectivity index (χ0v) is 16.0. The Morgan fingerprint density at radius 2 is 2.12 bits per heavy atom. The average molecular weight is 379 g/mol. The molecule has 0 aliphatic heterocycles. The summed E-state index contributed by atoms with van der Waals surface area (Å²) in [5.41, 5.74) is 0.734. The van der Waals surface area contributed by atoms with Crippen molar-refractivity contribution in [3.63, 3.8) is 0 Å². The van der Waals surface area contributed by atoms with Crippen molar-refractivity contribution in [3.05, 3.63) is 53.0 Å². The summed E-state index contributed by atoms with van der Waals surface area (Å²) >= 11 is 6.17. The number of nitrogens with one attached hydrogen (secondary N) is 1. The van der Waals surface area contributed by atoms with Crippen LogP contribution in [0.25, 0.3) is 6.08 Å². The van der Waals surface area contributed by atoms with Crippen LogP contribution in [0, 0.1) is 0 Å². The van der Waals surface area contributed by atoms with Crippen LogP contribution in [-0.4, -0.2) is 45.7 Å². The molecule has 0 saturated carbocycles. The monoisotopic (exact) mass is 378 g/mol. The van der Waals surface area contributed by atoms with E-state index in [-0.39, 0.29) is 11.9 Å². The number of rotatable bonds is 8. The quantitative estimate of drug-likeness (QED) is 0.713. The summed E-state index contributed by atoms with van der Waals surface area (Å²) in [6.07, 6.45) is 4.74. The Morgan fingerprint density at radius 1 is 1.35 bits per heavy atom. The molecule has 26 heavy (non-hydrogen) atoms. The Balaban J connectivity index is 2.02. The van der Waals surface area contributed by atoms with Gasteiger partial charge in [0, 0.05) is 12.6 Å². The molecule has 1 aromatic heterocycles. The Morgan fingerprint density at radius 3 is 2.69 bits per heavy atom. The predicted octanol–water partition coefficient (Wildman–Crippen LogP) is 3.38. The summed E-state index contributed by atoms with van der Waals surface area (Å²) in [6.45, 7) is 0.427. The van der Waals surface area contributed by atoms with Gasteiger partial charge in [0.1, 0.15) is 5.76 Å². The van der Waals surface area contributed by atoms with Gasteiger partial charge in [0.25, 0.3) is 0 Å². The minimum atomic E-state index is -0.214. The third-order valence-electron chi connectivity index (χ3n) is 3.85. The first-order chi connectivity index (χ1) is 12.5. The van der Waals surface area contributed by atoms with Crippen molar-refractivity contribution in [3.8, 4) is 11.5 Å². The summed E-state index contributed by atoms with van der Waals surface area (Å²) in [5, 5.41) is 3.29. The number of carbonyl (C=O) groups is 1. The number of likely N-dealkylation sites (N-methyl/N-ethyl adjacent to an activating group) is 1. The molecule has 0 aliphatic carbocycles. The highest BCUT2D eigenvalue weighted by atomic mass is 35.5. The number of hydrogen-bond donors (Lipinski definition) is 1. The molecule has 6 nitrogen and oxygen atoms in total. The van der Waals surface area contributed by atoms with E-state index in [0.717, 1.165) is 11.3 Å². The predicted molar refractivity (Wildman–Crippen MR) is 102 cm³/mol. The smallest absolute Gasteiger partial charge is 0.244 e. The first-order valence-corrected chi connectivity index (χ1v) is 8.41. The van der Waals surface area contributed by atoms with E-state index in [0.29, 0.717) is 23.1 Å². The molecule has 1 amide bonds. The topological polar surface area (TPSA) is 63.9 Å². The molecule has 1 heterocycles. The van der Waals surface area contributed by atoms with E-state index in [1.807, 2.05) is 31.1 Å². The van der Waals surface area contributed by atoms with E-state index in [1.54, 1.807) is 24.5 Å². The number of ether oxygens (including phenoxy) is 2. The van der Waals surface area contributed by atoms with Gasteiger partial charge in [-0.25, -0.2) is 0 Å². The summed E-state index contributed by atoms with van der Waals surface area (Å²) in [4.78, 5) is 14.1. The lowest BCUT2D eigenvalue weighted by Crippen LogP contribution is -2.33. The zero-order chi connectivity index (χ0) is 19.1. The van der Waals surface area contributed by atoms with E-state index in [1.165, 1.54) is 20.3 Å². The standard InChI is InChI=1S/C19H23ClN2O4/c1-22(2)15(16-6-5-9-26-16)12-21-18(23)8-7-13-10-14(20)19(25-4)17(11-13)24-3/h5-11,15H,12H2,1-4H3,(H,21,23). The number of halogens is 1. The van der Waals surface area contributed by atoms with E-state index in [4.69, 9.17) is 25.5 Å². The molecule has 2 rings (SSSR count). The normalized spacial score (nSPS) is 12.4. The Hall–Kier alpha value is -2.44. The average Bonchev–Trinajstić information content (AvgIpc) is 3.13. The van der Waals surface area contributed by atoms with E-state index >= 15 is 0 Å². The van der Waals surface area contributed by atoms with Crippen LogP contribution in [0.2, 0.25) is 5.02 Å². The van der Waals surface area contributed by atoms with Crippen molar-refractivity contribution in [2.45, 2.75) is 6.04 Å². The highest BCUT2D eigenvalue weighted by Gasteiger charge is 2.17. The Labute approximate surface area is 158 Å². The highest BCUT2D eigenvalue weighted by Crippen LogP contribution is 2.36. The molecule has 0 radical (unpaired) electrons. The van der Waals surface area contributed by atoms with Gasteiger partial charge in [-0.2, -0.15) is 0 Å². The van der Waals surface area contributed by atoms with Gasteiger partial charge in [0.2, 0.25) is 5.91 Å². The van der Waals surface area contributed by atoms with Crippen molar-refractivity contribution >= 4 is 23.6 Å². The van der Waals surface area contributed by atoms with Gasteiger partial charge in [0.05, 0.1) is 31.5 Å². The number of carbonyl (C=O) groups excluding carboxylic acids is 1. The molecule has 140 valence electrons. The van der Waals surface area contributed by atoms with Gasteiger partial charge in [-0.15, -0.1) is 0 Å². The number of furan rings is 1. The molecule has 7 heteroatoms. The van der Waals surface area contributed by atoms with Crippen molar-refractivity contribution in [2.75, 3.05) is 34.9 Å². The fourth-order valence-electron chi connectivity index (χ4n) is 2.48. The molecule has 0 fully saturated rings. The van der Waals surface area contributed by atoms with Gasteiger partial charge in [-0.05, 0) is 50.0 Å². The summed E-state index contributed by atoms with van der Waals surface area (Å²) in [5.74, 6) is 1.55. The van der Waals surface area contributed by atoms with Crippen LogP contribution in [0.1, 0.15) is 17.4 Å². The molecule has 1 atom stereocenters. The molecule has 2 aromatic rings. The van der Waals surface area contributed by atoms with Crippen LogP contribution in [0.4, 0.5) is 0 Å². The summed E-state index contributed by atoms with van der Waals surface area (Å²) < 4.78 is 15.9. The summed E-state index contributed by atoms with van der Waals surface area (Å²) in [7, 11) is 6.92. The Kier molecular flexibility index (Phi) is 7.12. The van der Waals surface area contributed by atoms with Crippen LogP contribution in [-0.2, 0) is 4.79 Å². The molecule has 0 saturated heterocycles. The number of amides is 1. The molecule has 1 unspecified atom stereocenters. The van der Waals surface area contributed by atoms with Gasteiger partial charge in [-0.1, -0.05) is 11.6 Å². The van der Waals surface area contributed by atoms with Crippen molar-refractivity contribution in [1.82, 2.24) is 10.2 Å². The molecule has 0 spiro atoms. The Bertz CT molecular complexity index is 757. The number of hydrogen-bond acceptors (Lipinski definition) is 5. The van der Waals surface area contributed by atoms with E-state index in [2.05, 4.69) is 5.32 Å². The fraction of sp³-hybridized carbons (Fsp3) is 0.316. The maximum Gasteiger partial charge on any atom is 0.244 e.